The van der Waals surface area contributed by atoms with Crippen molar-refractivity contribution in [2.45, 2.75) is 19.4 Å². The van der Waals surface area contributed by atoms with Crippen molar-refractivity contribution in [3.05, 3.63) is 0 Å². The Morgan fingerprint density at radius 3 is 2.62 bits per heavy atom. The number of rotatable bonds is 5. The van der Waals surface area contributed by atoms with Crippen LogP contribution in [0, 0.1) is 0 Å². The standard InChI is InChI=1S/C8H15NO3S/c1-6(8(11)12-2)9-7(10)4-5-13-3/h6H,4-5H2,1-3H3,(H,9,10). The Kier molecular flexibility index (Phi) is 6.40. The van der Waals surface area contributed by atoms with Gasteiger partial charge in [-0.1, -0.05) is 0 Å². The molecule has 0 saturated carbocycles. The molecular formula is C8H15NO3S. The van der Waals surface area contributed by atoms with Crippen LogP contribution >= 0.6 is 11.8 Å². The highest BCUT2D eigenvalue weighted by Gasteiger charge is 2.14. The number of methoxy groups -OCH3 is 1. The Morgan fingerprint density at radius 2 is 2.15 bits per heavy atom. The van der Waals surface area contributed by atoms with Gasteiger partial charge in [-0.15, -0.1) is 0 Å². The first-order chi connectivity index (χ1) is 6.11. The summed E-state index contributed by atoms with van der Waals surface area (Å²) in [6, 6.07) is -0.556. The molecule has 0 radical (unpaired) electrons. The van der Waals surface area contributed by atoms with Gasteiger partial charge in [0.2, 0.25) is 5.91 Å². The van der Waals surface area contributed by atoms with Crippen molar-refractivity contribution in [1.82, 2.24) is 5.32 Å². The van der Waals surface area contributed by atoms with Crippen molar-refractivity contribution in [2.24, 2.45) is 0 Å². The van der Waals surface area contributed by atoms with Crippen molar-refractivity contribution in [2.75, 3.05) is 19.1 Å². The minimum Gasteiger partial charge on any atom is -0.467 e. The van der Waals surface area contributed by atoms with Crippen molar-refractivity contribution >= 4 is 23.6 Å². The molecule has 0 aromatic heterocycles. The van der Waals surface area contributed by atoms with Crippen LogP contribution in [0.3, 0.4) is 0 Å². The Balaban J connectivity index is 3.71. The molecule has 1 amide bonds. The summed E-state index contributed by atoms with van der Waals surface area (Å²) in [5, 5.41) is 2.54. The summed E-state index contributed by atoms with van der Waals surface area (Å²) in [5.41, 5.74) is 0. The summed E-state index contributed by atoms with van der Waals surface area (Å²) in [7, 11) is 1.30. The fourth-order valence-electron chi connectivity index (χ4n) is 0.744. The van der Waals surface area contributed by atoms with E-state index in [-0.39, 0.29) is 5.91 Å². The van der Waals surface area contributed by atoms with Crippen LogP contribution in [0.1, 0.15) is 13.3 Å². The van der Waals surface area contributed by atoms with E-state index in [0.29, 0.717) is 6.42 Å². The third-order valence-electron chi connectivity index (χ3n) is 1.47. The van der Waals surface area contributed by atoms with Gasteiger partial charge in [0.25, 0.3) is 0 Å². The van der Waals surface area contributed by atoms with Gasteiger partial charge in [-0.2, -0.15) is 11.8 Å². The monoisotopic (exact) mass is 205 g/mol. The molecule has 1 unspecified atom stereocenters. The molecule has 0 rings (SSSR count). The number of nitrogens with one attached hydrogen (secondary N) is 1. The average Bonchev–Trinajstić information content (AvgIpc) is 2.13. The fourth-order valence-corrected chi connectivity index (χ4v) is 1.13. The SMILES string of the molecule is COC(=O)C(C)NC(=O)CCSC. The normalized spacial score (nSPS) is 11.9. The molecule has 0 heterocycles. The summed E-state index contributed by atoms with van der Waals surface area (Å²) in [6.07, 6.45) is 2.36. The number of carbonyl (C=O) groups excluding carboxylic acids is 2. The second kappa shape index (κ2) is 6.77. The molecule has 0 aliphatic carbocycles. The van der Waals surface area contributed by atoms with Gasteiger partial charge in [0.05, 0.1) is 7.11 Å². The maximum absolute atomic E-state index is 11.1. The largest absolute Gasteiger partial charge is 0.467 e. The third kappa shape index (κ3) is 5.52. The molecule has 0 saturated heterocycles. The van der Waals surface area contributed by atoms with Crippen molar-refractivity contribution in [1.29, 1.82) is 0 Å². The molecule has 0 aliphatic rings. The zero-order valence-corrected chi connectivity index (χ0v) is 8.94. The lowest BCUT2D eigenvalue weighted by Crippen LogP contribution is -2.39. The Hall–Kier alpha value is -0.710. The van der Waals surface area contributed by atoms with Gasteiger partial charge in [-0.25, -0.2) is 4.79 Å². The summed E-state index contributed by atoms with van der Waals surface area (Å²) in [6.45, 7) is 1.60. The molecule has 0 aliphatic heterocycles. The van der Waals surface area contributed by atoms with Crippen LogP contribution in [0.5, 0.6) is 0 Å². The van der Waals surface area contributed by atoms with Crippen LogP contribution in [-0.2, 0) is 14.3 Å². The van der Waals surface area contributed by atoms with Gasteiger partial charge in [0.1, 0.15) is 6.04 Å². The van der Waals surface area contributed by atoms with Crippen LogP contribution in [0.25, 0.3) is 0 Å². The topological polar surface area (TPSA) is 55.4 Å². The van der Waals surface area contributed by atoms with E-state index in [0.717, 1.165) is 5.75 Å². The predicted octanol–water partition coefficient (Wildman–Crippen LogP) is 0.417. The Labute approximate surface area is 82.4 Å². The molecule has 1 atom stereocenters. The zero-order chi connectivity index (χ0) is 10.3. The molecule has 5 heteroatoms. The van der Waals surface area contributed by atoms with Crippen molar-refractivity contribution in [3.63, 3.8) is 0 Å². The highest BCUT2D eigenvalue weighted by Crippen LogP contribution is 1.96. The molecule has 0 aromatic rings. The van der Waals surface area contributed by atoms with Crippen LogP contribution < -0.4 is 5.32 Å². The summed E-state index contributed by atoms with van der Waals surface area (Å²) < 4.78 is 4.46. The van der Waals surface area contributed by atoms with Gasteiger partial charge < -0.3 is 10.1 Å². The summed E-state index contributed by atoms with van der Waals surface area (Å²) in [4.78, 5) is 22.0. The molecule has 0 spiro atoms. The van der Waals surface area contributed by atoms with E-state index in [4.69, 9.17) is 0 Å². The molecule has 0 fully saturated rings. The van der Waals surface area contributed by atoms with Gasteiger partial charge >= 0.3 is 5.97 Å². The molecule has 0 bridgehead atoms. The van der Waals surface area contributed by atoms with Crippen LogP contribution in [0.15, 0.2) is 0 Å². The molecule has 4 nitrogen and oxygen atoms in total. The minimum atomic E-state index is -0.556. The van der Waals surface area contributed by atoms with E-state index in [9.17, 15) is 9.59 Å². The number of esters is 1. The van der Waals surface area contributed by atoms with E-state index in [2.05, 4.69) is 10.1 Å². The van der Waals surface area contributed by atoms with Crippen molar-refractivity contribution in [3.8, 4) is 0 Å². The molecule has 1 N–H and O–H groups in total. The maximum Gasteiger partial charge on any atom is 0.328 e. The average molecular weight is 205 g/mol. The minimum absolute atomic E-state index is 0.118. The summed E-state index contributed by atoms with van der Waals surface area (Å²) in [5.74, 6) is 0.226. The number of ether oxygens (including phenoxy) is 1. The van der Waals surface area contributed by atoms with E-state index in [1.807, 2.05) is 6.26 Å². The maximum atomic E-state index is 11.1. The number of hydrogen-bond acceptors (Lipinski definition) is 4. The Bertz CT molecular complexity index is 184. The van der Waals surface area contributed by atoms with E-state index in [1.54, 1.807) is 18.7 Å². The predicted molar refractivity (Wildman–Crippen MR) is 52.6 cm³/mol. The highest BCUT2D eigenvalue weighted by atomic mass is 32.2. The van der Waals surface area contributed by atoms with E-state index < -0.39 is 12.0 Å². The smallest absolute Gasteiger partial charge is 0.328 e. The number of thioether (sulfide) groups is 1. The van der Waals surface area contributed by atoms with Crippen LogP contribution in [0.2, 0.25) is 0 Å². The lowest BCUT2D eigenvalue weighted by molar-refractivity contribution is -0.144. The van der Waals surface area contributed by atoms with Crippen LogP contribution in [-0.4, -0.2) is 37.0 Å². The second-order valence-electron chi connectivity index (χ2n) is 2.56. The number of carbonyl (C=O) groups is 2. The van der Waals surface area contributed by atoms with E-state index >= 15 is 0 Å². The van der Waals surface area contributed by atoms with Gasteiger partial charge in [0.15, 0.2) is 0 Å². The third-order valence-corrected chi connectivity index (χ3v) is 2.08. The van der Waals surface area contributed by atoms with Gasteiger partial charge in [-0.3, -0.25) is 4.79 Å². The first-order valence-electron chi connectivity index (χ1n) is 3.98. The van der Waals surface area contributed by atoms with Crippen LogP contribution in [0.4, 0.5) is 0 Å². The van der Waals surface area contributed by atoms with Crippen molar-refractivity contribution < 1.29 is 14.3 Å². The van der Waals surface area contributed by atoms with Gasteiger partial charge in [0, 0.05) is 12.2 Å². The second-order valence-corrected chi connectivity index (χ2v) is 3.54. The molecule has 13 heavy (non-hydrogen) atoms. The fraction of sp³-hybridized carbons (Fsp3) is 0.750. The molecule has 0 aromatic carbocycles. The highest BCUT2D eigenvalue weighted by molar-refractivity contribution is 7.98. The number of hydrogen-bond donors (Lipinski definition) is 1. The first-order valence-corrected chi connectivity index (χ1v) is 5.37. The summed E-state index contributed by atoms with van der Waals surface area (Å²) >= 11 is 1.59. The van der Waals surface area contributed by atoms with Gasteiger partial charge in [-0.05, 0) is 13.2 Å². The zero-order valence-electron chi connectivity index (χ0n) is 8.12. The number of amides is 1. The Morgan fingerprint density at radius 1 is 1.54 bits per heavy atom. The van der Waals surface area contributed by atoms with E-state index in [1.165, 1.54) is 7.11 Å². The molecule has 76 valence electrons. The first kappa shape index (κ1) is 12.3. The molecular weight excluding hydrogens is 190 g/mol. The quantitative estimate of drug-likeness (QED) is 0.661. The lowest BCUT2D eigenvalue weighted by Gasteiger charge is -2.10. The lowest BCUT2D eigenvalue weighted by atomic mass is 10.3.